The maximum absolute atomic E-state index is 12.0. The average molecular weight is 255 g/mol. The normalized spacial score (nSPS) is 10.1. The van der Waals surface area contributed by atoms with Crippen LogP contribution in [0, 0.1) is 0 Å². The highest BCUT2D eigenvalue weighted by atomic mass is 16.4. The zero-order chi connectivity index (χ0) is 13.5. The molecule has 1 rings (SSSR count). The molecule has 100 valence electrons. The summed E-state index contributed by atoms with van der Waals surface area (Å²) in [4.78, 5) is 29.4. The molecule has 1 aromatic rings. The second-order valence-corrected chi connectivity index (χ2v) is 3.79. The molecule has 0 bridgehead atoms. The molecular weight excluding hydrogens is 238 g/mol. The van der Waals surface area contributed by atoms with E-state index >= 15 is 0 Å². The first kappa shape index (κ1) is 13.9. The summed E-state index contributed by atoms with van der Waals surface area (Å²) in [5.41, 5.74) is 0. The van der Waals surface area contributed by atoms with Crippen LogP contribution in [0.4, 0.5) is 4.79 Å². The lowest BCUT2D eigenvalue weighted by molar-refractivity contribution is -0.137. The molecule has 0 saturated carbocycles. The van der Waals surface area contributed by atoms with E-state index in [-0.39, 0.29) is 19.0 Å². The smallest absolute Gasteiger partial charge is 0.320 e. The number of nitrogens with one attached hydrogen (secondary N) is 1. The van der Waals surface area contributed by atoms with E-state index < -0.39 is 5.97 Å². The van der Waals surface area contributed by atoms with Crippen molar-refractivity contribution in [3.05, 3.63) is 12.2 Å². The minimum absolute atomic E-state index is 0.0598. The van der Waals surface area contributed by atoms with Crippen molar-refractivity contribution in [2.75, 3.05) is 20.1 Å². The average Bonchev–Trinajstić information content (AvgIpc) is 2.81. The summed E-state index contributed by atoms with van der Waals surface area (Å²) in [6.45, 7) is 2.78. The number of carbonyl (C=O) groups excluding carboxylic acids is 1. The first-order chi connectivity index (χ1) is 8.54. The Bertz CT molecular complexity index is 392. The zero-order valence-electron chi connectivity index (χ0n) is 10.5. The summed E-state index contributed by atoms with van der Waals surface area (Å²) in [6.07, 6.45) is 1.31. The van der Waals surface area contributed by atoms with Crippen molar-refractivity contribution in [2.24, 2.45) is 0 Å². The molecule has 0 fully saturated rings. The van der Waals surface area contributed by atoms with E-state index in [1.165, 1.54) is 16.1 Å². The molecule has 0 atom stereocenters. The van der Waals surface area contributed by atoms with Gasteiger partial charge in [0.2, 0.25) is 0 Å². The van der Waals surface area contributed by atoms with E-state index in [0.29, 0.717) is 18.9 Å². The standard InChI is InChI=1S/C10H17N5O3/c1-3-15(5-4-9(16)17)10(18)14(2)6-8-11-7-12-13-8/h7H,3-6H2,1-2H3,(H,16,17)(H,11,12,13). The number of H-pyrrole nitrogens is 1. The van der Waals surface area contributed by atoms with Gasteiger partial charge in [0, 0.05) is 20.1 Å². The predicted molar refractivity (Wildman–Crippen MR) is 62.7 cm³/mol. The number of aromatic amines is 1. The van der Waals surface area contributed by atoms with E-state index in [1.807, 2.05) is 6.92 Å². The SMILES string of the molecule is CCN(CCC(=O)O)C(=O)N(C)Cc1ncn[nH]1. The Labute approximate surface area is 105 Å². The Kier molecular flexibility index (Phi) is 5.09. The van der Waals surface area contributed by atoms with Gasteiger partial charge >= 0.3 is 12.0 Å². The van der Waals surface area contributed by atoms with Crippen LogP contribution in [0.2, 0.25) is 0 Å². The molecule has 0 aliphatic carbocycles. The Hall–Kier alpha value is -2.12. The third kappa shape index (κ3) is 4.04. The van der Waals surface area contributed by atoms with Gasteiger partial charge in [-0.3, -0.25) is 9.89 Å². The lowest BCUT2D eigenvalue weighted by Gasteiger charge is -2.26. The van der Waals surface area contributed by atoms with Crippen molar-refractivity contribution in [3.8, 4) is 0 Å². The number of hydrogen-bond acceptors (Lipinski definition) is 4. The molecule has 2 amide bonds. The van der Waals surface area contributed by atoms with Crippen LogP contribution < -0.4 is 0 Å². The predicted octanol–water partition coefficient (Wildman–Crippen LogP) is 0.153. The van der Waals surface area contributed by atoms with Crippen molar-refractivity contribution < 1.29 is 14.7 Å². The minimum Gasteiger partial charge on any atom is -0.481 e. The number of amides is 2. The molecule has 0 aliphatic heterocycles. The highest BCUT2D eigenvalue weighted by Gasteiger charge is 2.18. The molecule has 0 unspecified atom stereocenters. The first-order valence-corrected chi connectivity index (χ1v) is 5.60. The number of hydrogen-bond donors (Lipinski definition) is 2. The van der Waals surface area contributed by atoms with Crippen LogP contribution in [0.15, 0.2) is 6.33 Å². The van der Waals surface area contributed by atoms with E-state index in [9.17, 15) is 9.59 Å². The Morgan fingerprint density at radius 2 is 2.22 bits per heavy atom. The number of carbonyl (C=O) groups is 2. The molecule has 1 aromatic heterocycles. The number of carboxylic acid groups (broad SMARTS) is 1. The second-order valence-electron chi connectivity index (χ2n) is 3.79. The quantitative estimate of drug-likeness (QED) is 0.753. The highest BCUT2D eigenvalue weighted by molar-refractivity contribution is 5.75. The van der Waals surface area contributed by atoms with Crippen LogP contribution in [0.1, 0.15) is 19.2 Å². The number of carboxylic acids is 1. The fourth-order valence-corrected chi connectivity index (χ4v) is 1.46. The molecule has 0 radical (unpaired) electrons. The van der Waals surface area contributed by atoms with E-state index in [0.717, 1.165) is 0 Å². The first-order valence-electron chi connectivity index (χ1n) is 5.60. The molecule has 8 nitrogen and oxygen atoms in total. The van der Waals surface area contributed by atoms with Gasteiger partial charge in [-0.15, -0.1) is 0 Å². The zero-order valence-corrected chi connectivity index (χ0v) is 10.5. The summed E-state index contributed by atoms with van der Waals surface area (Å²) in [5, 5.41) is 15.0. The van der Waals surface area contributed by atoms with Gasteiger partial charge in [0.25, 0.3) is 0 Å². The molecule has 8 heteroatoms. The van der Waals surface area contributed by atoms with E-state index in [2.05, 4.69) is 15.2 Å². The van der Waals surface area contributed by atoms with Gasteiger partial charge in [-0.25, -0.2) is 9.78 Å². The van der Waals surface area contributed by atoms with Crippen LogP contribution >= 0.6 is 0 Å². The van der Waals surface area contributed by atoms with Crippen molar-refractivity contribution in [1.29, 1.82) is 0 Å². The number of nitrogens with zero attached hydrogens (tertiary/aromatic N) is 4. The second kappa shape index (κ2) is 6.58. The van der Waals surface area contributed by atoms with Crippen LogP contribution in [0.25, 0.3) is 0 Å². The summed E-state index contributed by atoms with van der Waals surface area (Å²) >= 11 is 0. The number of rotatable bonds is 6. The van der Waals surface area contributed by atoms with Gasteiger partial charge in [0.1, 0.15) is 12.2 Å². The highest BCUT2D eigenvalue weighted by Crippen LogP contribution is 2.02. The van der Waals surface area contributed by atoms with E-state index in [1.54, 1.807) is 7.05 Å². The molecule has 0 aliphatic rings. The topological polar surface area (TPSA) is 102 Å². The van der Waals surface area contributed by atoms with Gasteiger partial charge in [-0.2, -0.15) is 5.10 Å². The summed E-state index contributed by atoms with van der Waals surface area (Å²) in [6, 6.07) is -0.227. The molecular formula is C10H17N5O3. The van der Waals surface area contributed by atoms with Gasteiger partial charge in [-0.1, -0.05) is 0 Å². The van der Waals surface area contributed by atoms with Crippen molar-refractivity contribution in [2.45, 2.75) is 19.9 Å². The molecule has 0 aromatic carbocycles. The third-order valence-electron chi connectivity index (χ3n) is 2.43. The minimum atomic E-state index is -0.917. The van der Waals surface area contributed by atoms with Gasteiger partial charge < -0.3 is 14.9 Å². The van der Waals surface area contributed by atoms with Crippen LogP contribution in [-0.4, -0.2) is 62.2 Å². The van der Waals surface area contributed by atoms with Gasteiger partial charge in [-0.05, 0) is 6.92 Å². The Morgan fingerprint density at radius 3 is 2.72 bits per heavy atom. The summed E-state index contributed by atoms with van der Waals surface area (Å²) < 4.78 is 0. The number of aromatic nitrogens is 3. The third-order valence-corrected chi connectivity index (χ3v) is 2.43. The Morgan fingerprint density at radius 1 is 1.50 bits per heavy atom. The summed E-state index contributed by atoms with van der Waals surface area (Å²) in [7, 11) is 1.63. The number of urea groups is 1. The van der Waals surface area contributed by atoms with E-state index in [4.69, 9.17) is 5.11 Å². The Balaban J connectivity index is 2.51. The van der Waals surface area contributed by atoms with Gasteiger partial charge in [0.05, 0.1) is 13.0 Å². The molecule has 18 heavy (non-hydrogen) atoms. The largest absolute Gasteiger partial charge is 0.481 e. The van der Waals surface area contributed by atoms with Crippen molar-refractivity contribution >= 4 is 12.0 Å². The maximum Gasteiger partial charge on any atom is 0.320 e. The lowest BCUT2D eigenvalue weighted by atomic mass is 10.4. The van der Waals surface area contributed by atoms with Crippen LogP contribution in [0.5, 0.6) is 0 Å². The fourth-order valence-electron chi connectivity index (χ4n) is 1.46. The molecule has 0 saturated heterocycles. The van der Waals surface area contributed by atoms with Crippen molar-refractivity contribution in [3.63, 3.8) is 0 Å². The van der Waals surface area contributed by atoms with Gasteiger partial charge in [0.15, 0.2) is 0 Å². The fraction of sp³-hybridized carbons (Fsp3) is 0.600. The lowest BCUT2D eigenvalue weighted by Crippen LogP contribution is -2.41. The molecule has 2 N–H and O–H groups in total. The van der Waals surface area contributed by atoms with Crippen LogP contribution in [-0.2, 0) is 11.3 Å². The molecule has 1 heterocycles. The number of aliphatic carboxylic acids is 1. The monoisotopic (exact) mass is 255 g/mol. The van der Waals surface area contributed by atoms with Crippen molar-refractivity contribution in [1.82, 2.24) is 25.0 Å². The maximum atomic E-state index is 12.0. The van der Waals surface area contributed by atoms with Crippen LogP contribution in [0.3, 0.4) is 0 Å². The summed E-state index contributed by atoms with van der Waals surface area (Å²) in [5.74, 6) is -0.334. The molecule has 0 spiro atoms.